The van der Waals surface area contributed by atoms with Crippen molar-refractivity contribution >= 4 is 11.8 Å². The van der Waals surface area contributed by atoms with E-state index in [1.165, 1.54) is 0 Å². The monoisotopic (exact) mass is 357 g/mol. The fourth-order valence-electron chi connectivity index (χ4n) is 2.03. The molecule has 0 spiro atoms. The molecule has 25 heavy (non-hydrogen) atoms. The standard InChI is InChI=1S/C17H25F2N3O3/c1-4-25-13-7-5-12(6-8-13)15(23)22-14(11(2)3)16(24)21-10-17(18,19)9-20/h5-8,11,14H,4,9-10,20H2,1-3H3,(H,21,24)(H,22,23). The van der Waals surface area contributed by atoms with Crippen LogP contribution in [0, 0.1) is 5.92 Å². The number of rotatable bonds is 9. The zero-order valence-corrected chi connectivity index (χ0v) is 14.6. The molecule has 1 unspecified atom stereocenters. The number of ether oxygens (including phenoxy) is 1. The highest BCUT2D eigenvalue weighted by atomic mass is 19.3. The van der Waals surface area contributed by atoms with Gasteiger partial charge in [0, 0.05) is 5.56 Å². The molecular formula is C17H25F2N3O3. The van der Waals surface area contributed by atoms with Gasteiger partial charge in [-0.05, 0) is 37.1 Å². The minimum Gasteiger partial charge on any atom is -0.494 e. The Morgan fingerprint density at radius 1 is 1.24 bits per heavy atom. The fourth-order valence-corrected chi connectivity index (χ4v) is 2.03. The Morgan fingerprint density at radius 2 is 1.84 bits per heavy atom. The Hall–Kier alpha value is -2.22. The van der Waals surface area contributed by atoms with E-state index in [4.69, 9.17) is 10.5 Å². The van der Waals surface area contributed by atoms with Crippen LogP contribution in [0.5, 0.6) is 5.75 Å². The molecule has 0 heterocycles. The molecule has 0 radical (unpaired) electrons. The van der Waals surface area contributed by atoms with E-state index in [2.05, 4.69) is 10.6 Å². The van der Waals surface area contributed by atoms with Crippen molar-refractivity contribution in [3.8, 4) is 5.75 Å². The highest BCUT2D eigenvalue weighted by Gasteiger charge is 2.30. The Morgan fingerprint density at radius 3 is 2.32 bits per heavy atom. The highest BCUT2D eigenvalue weighted by molar-refractivity contribution is 5.97. The summed E-state index contributed by atoms with van der Waals surface area (Å²) in [7, 11) is 0. The van der Waals surface area contributed by atoms with Crippen molar-refractivity contribution in [1.29, 1.82) is 0 Å². The number of carbonyl (C=O) groups excluding carboxylic acids is 2. The summed E-state index contributed by atoms with van der Waals surface area (Å²) in [6.07, 6.45) is 0. The topological polar surface area (TPSA) is 93.4 Å². The SMILES string of the molecule is CCOc1ccc(C(=O)NC(C(=O)NCC(F)(F)CN)C(C)C)cc1. The Labute approximate surface area is 146 Å². The van der Waals surface area contributed by atoms with E-state index < -0.39 is 36.9 Å². The number of benzene rings is 1. The molecule has 0 saturated heterocycles. The molecule has 1 aromatic rings. The van der Waals surface area contributed by atoms with Gasteiger partial charge in [0.15, 0.2) is 0 Å². The van der Waals surface area contributed by atoms with Gasteiger partial charge in [-0.1, -0.05) is 13.8 Å². The third-order valence-electron chi connectivity index (χ3n) is 3.48. The van der Waals surface area contributed by atoms with Gasteiger partial charge in [-0.15, -0.1) is 0 Å². The maximum absolute atomic E-state index is 13.2. The predicted molar refractivity (Wildman–Crippen MR) is 90.7 cm³/mol. The highest BCUT2D eigenvalue weighted by Crippen LogP contribution is 2.13. The second-order valence-electron chi connectivity index (χ2n) is 5.93. The smallest absolute Gasteiger partial charge is 0.277 e. The first-order valence-electron chi connectivity index (χ1n) is 8.09. The van der Waals surface area contributed by atoms with E-state index in [-0.39, 0.29) is 5.92 Å². The lowest BCUT2D eigenvalue weighted by atomic mass is 10.0. The van der Waals surface area contributed by atoms with E-state index in [0.29, 0.717) is 17.9 Å². The minimum absolute atomic E-state index is 0.279. The van der Waals surface area contributed by atoms with Gasteiger partial charge < -0.3 is 21.1 Å². The lowest BCUT2D eigenvalue weighted by Gasteiger charge is -2.23. The zero-order valence-electron chi connectivity index (χ0n) is 14.6. The third kappa shape index (κ3) is 6.66. The molecule has 4 N–H and O–H groups in total. The van der Waals surface area contributed by atoms with Crippen LogP contribution in [0.2, 0.25) is 0 Å². The first-order chi connectivity index (χ1) is 11.7. The van der Waals surface area contributed by atoms with Gasteiger partial charge in [-0.2, -0.15) is 0 Å². The third-order valence-corrected chi connectivity index (χ3v) is 3.48. The van der Waals surface area contributed by atoms with Crippen LogP contribution in [0.1, 0.15) is 31.1 Å². The molecule has 1 atom stereocenters. The fraction of sp³-hybridized carbons (Fsp3) is 0.529. The number of hydrogen-bond acceptors (Lipinski definition) is 4. The molecule has 0 aliphatic rings. The summed E-state index contributed by atoms with van der Waals surface area (Å²) in [5, 5.41) is 4.70. The molecule has 0 aliphatic heterocycles. The van der Waals surface area contributed by atoms with Crippen LogP contribution >= 0.6 is 0 Å². The number of nitrogens with two attached hydrogens (primary N) is 1. The van der Waals surface area contributed by atoms with Gasteiger partial charge in [-0.3, -0.25) is 9.59 Å². The lowest BCUT2D eigenvalue weighted by molar-refractivity contribution is -0.125. The number of carbonyl (C=O) groups is 2. The van der Waals surface area contributed by atoms with E-state index in [0.717, 1.165) is 0 Å². The number of hydrogen-bond donors (Lipinski definition) is 3. The van der Waals surface area contributed by atoms with Crippen molar-refractivity contribution < 1.29 is 23.1 Å². The van der Waals surface area contributed by atoms with Crippen LogP contribution in [0.3, 0.4) is 0 Å². The van der Waals surface area contributed by atoms with Gasteiger partial charge in [0.2, 0.25) is 5.91 Å². The number of alkyl halides is 2. The minimum atomic E-state index is -3.18. The molecule has 8 heteroatoms. The predicted octanol–water partition coefficient (Wildman–Crippen LogP) is 1.55. The van der Waals surface area contributed by atoms with Crippen LogP contribution in [0.4, 0.5) is 8.78 Å². The van der Waals surface area contributed by atoms with Crippen LogP contribution in [-0.4, -0.2) is 43.5 Å². The molecule has 0 fully saturated rings. The lowest BCUT2D eigenvalue weighted by Crippen LogP contribution is -2.52. The molecule has 1 rings (SSSR count). The average molecular weight is 357 g/mol. The second kappa shape index (κ2) is 9.31. The van der Waals surface area contributed by atoms with E-state index in [1.54, 1.807) is 38.1 Å². The quantitative estimate of drug-likeness (QED) is 0.625. The van der Waals surface area contributed by atoms with Gasteiger partial charge in [0.05, 0.1) is 19.7 Å². The van der Waals surface area contributed by atoms with E-state index in [1.807, 2.05) is 6.92 Å². The molecule has 0 bridgehead atoms. The van der Waals surface area contributed by atoms with Gasteiger partial charge >= 0.3 is 0 Å². The number of amides is 2. The van der Waals surface area contributed by atoms with Crippen LogP contribution in [0.25, 0.3) is 0 Å². The summed E-state index contributed by atoms with van der Waals surface area (Å²) in [4.78, 5) is 24.4. The molecule has 0 aliphatic carbocycles. The molecule has 140 valence electrons. The van der Waals surface area contributed by atoms with Gasteiger partial charge in [-0.25, -0.2) is 8.78 Å². The average Bonchev–Trinajstić information content (AvgIpc) is 2.58. The molecule has 1 aromatic carbocycles. The Balaban J connectivity index is 2.73. The van der Waals surface area contributed by atoms with Crippen molar-refractivity contribution in [2.45, 2.75) is 32.7 Å². The first-order valence-corrected chi connectivity index (χ1v) is 8.09. The van der Waals surface area contributed by atoms with E-state index in [9.17, 15) is 18.4 Å². The summed E-state index contributed by atoms with van der Waals surface area (Å²) in [5.41, 5.74) is 5.28. The van der Waals surface area contributed by atoms with Crippen molar-refractivity contribution in [2.24, 2.45) is 11.7 Å². The van der Waals surface area contributed by atoms with Crippen molar-refractivity contribution in [3.63, 3.8) is 0 Å². The van der Waals surface area contributed by atoms with E-state index >= 15 is 0 Å². The molecule has 6 nitrogen and oxygen atoms in total. The summed E-state index contributed by atoms with van der Waals surface area (Å²) < 4.78 is 31.6. The summed E-state index contributed by atoms with van der Waals surface area (Å²) >= 11 is 0. The zero-order chi connectivity index (χ0) is 19.0. The van der Waals surface area contributed by atoms with Crippen molar-refractivity contribution in [2.75, 3.05) is 19.7 Å². The first kappa shape index (κ1) is 20.8. The summed E-state index contributed by atoms with van der Waals surface area (Å²) in [5.74, 6) is -3.99. The maximum Gasteiger partial charge on any atom is 0.277 e. The number of halogens is 2. The molecular weight excluding hydrogens is 332 g/mol. The largest absolute Gasteiger partial charge is 0.494 e. The Bertz CT molecular complexity index is 577. The summed E-state index contributed by atoms with van der Waals surface area (Å²) in [6.45, 7) is 4.05. The summed E-state index contributed by atoms with van der Waals surface area (Å²) in [6, 6.07) is 5.48. The second-order valence-corrected chi connectivity index (χ2v) is 5.93. The normalized spacial score (nSPS) is 12.6. The van der Waals surface area contributed by atoms with Crippen LogP contribution in [-0.2, 0) is 4.79 Å². The van der Waals surface area contributed by atoms with Crippen molar-refractivity contribution in [1.82, 2.24) is 10.6 Å². The maximum atomic E-state index is 13.2. The molecule has 0 saturated carbocycles. The number of nitrogens with one attached hydrogen (secondary N) is 2. The molecule has 2 amide bonds. The van der Waals surface area contributed by atoms with Gasteiger partial charge in [0.1, 0.15) is 11.8 Å². The Kier molecular flexibility index (Phi) is 7.76. The van der Waals surface area contributed by atoms with Crippen molar-refractivity contribution in [3.05, 3.63) is 29.8 Å². The van der Waals surface area contributed by atoms with Gasteiger partial charge in [0.25, 0.3) is 11.8 Å². The molecule has 0 aromatic heterocycles. The van der Waals surface area contributed by atoms with Crippen LogP contribution < -0.4 is 21.1 Å². The van der Waals surface area contributed by atoms with Crippen LogP contribution in [0.15, 0.2) is 24.3 Å².